The van der Waals surface area contributed by atoms with E-state index in [1.165, 1.54) is 6.92 Å². The van der Waals surface area contributed by atoms with Gasteiger partial charge in [-0.15, -0.1) is 4.48 Å². The molecule has 0 heterocycles. The molecule has 0 aliphatic rings. The molecule has 0 aliphatic heterocycles. The molecule has 0 amide bonds. The average Bonchev–Trinajstić information content (AvgIpc) is 1.64. The molecular formula is C3H6FNO2S. The van der Waals surface area contributed by atoms with Crippen LogP contribution in [0.5, 0.6) is 0 Å². The first kappa shape index (κ1) is 7.71. The molecule has 1 N–H and O–H groups in total. The number of carboxylic acid groups (broad SMARTS) is 1. The van der Waals surface area contributed by atoms with Gasteiger partial charge in [0.05, 0.1) is 0 Å². The van der Waals surface area contributed by atoms with Crippen molar-refractivity contribution in [2.45, 2.75) is 13.0 Å². The maximum Gasteiger partial charge on any atom is 0.324 e. The number of halogens is 1. The molecule has 0 saturated carbocycles. The molecule has 0 bridgehead atoms. The molecule has 0 unspecified atom stereocenters. The highest BCUT2D eigenvalue weighted by Crippen LogP contribution is 2.01. The van der Waals surface area contributed by atoms with Crippen molar-refractivity contribution in [1.29, 1.82) is 0 Å². The fraction of sp³-hybridized carbons (Fsp3) is 0.667. The molecule has 0 saturated heterocycles. The third-order valence-corrected chi connectivity index (χ3v) is 1.02. The standard InChI is InChI=1S/C3H6FNO2S/c1-2(3(6)7)5(4)8/h2,8H,1H3,(H,6,7)/t2-/m0/s1. The Bertz CT molecular complexity index is 97.3. The quantitative estimate of drug-likeness (QED) is 0.432. The van der Waals surface area contributed by atoms with Gasteiger partial charge in [-0.3, -0.25) is 4.79 Å². The lowest BCUT2D eigenvalue weighted by atomic mass is 10.4. The molecule has 0 aromatic heterocycles. The summed E-state index contributed by atoms with van der Waals surface area (Å²) in [4.78, 5) is 9.81. The highest BCUT2D eigenvalue weighted by Gasteiger charge is 2.16. The Morgan fingerprint density at radius 2 is 2.38 bits per heavy atom. The lowest BCUT2D eigenvalue weighted by Gasteiger charge is -2.06. The van der Waals surface area contributed by atoms with Crippen molar-refractivity contribution in [3.8, 4) is 0 Å². The maximum atomic E-state index is 11.7. The second-order valence-corrected chi connectivity index (χ2v) is 1.68. The van der Waals surface area contributed by atoms with Crippen LogP contribution in [0.3, 0.4) is 0 Å². The first-order valence-corrected chi connectivity index (χ1v) is 2.32. The molecule has 48 valence electrons. The van der Waals surface area contributed by atoms with Gasteiger partial charge in [0.25, 0.3) is 0 Å². The number of hydrogen-bond donors (Lipinski definition) is 2. The molecule has 1 atom stereocenters. The van der Waals surface area contributed by atoms with E-state index in [0.717, 1.165) is 0 Å². The van der Waals surface area contributed by atoms with Crippen LogP contribution in [-0.4, -0.2) is 21.6 Å². The fourth-order valence-electron chi connectivity index (χ4n) is 0.0911. The van der Waals surface area contributed by atoms with Crippen molar-refractivity contribution in [2.24, 2.45) is 0 Å². The zero-order valence-electron chi connectivity index (χ0n) is 4.21. The molecule has 0 fully saturated rings. The molecule has 0 radical (unpaired) electrons. The van der Waals surface area contributed by atoms with E-state index in [-0.39, 0.29) is 4.53 Å². The van der Waals surface area contributed by atoms with E-state index in [4.69, 9.17) is 5.11 Å². The summed E-state index contributed by atoms with van der Waals surface area (Å²) in [5.74, 6) is -1.23. The first-order valence-electron chi connectivity index (χ1n) is 1.92. The van der Waals surface area contributed by atoms with Crippen molar-refractivity contribution in [3.05, 3.63) is 0 Å². The van der Waals surface area contributed by atoms with Gasteiger partial charge in [0.15, 0.2) is 0 Å². The molecule has 3 nitrogen and oxygen atoms in total. The molecule has 8 heavy (non-hydrogen) atoms. The second-order valence-electron chi connectivity index (χ2n) is 1.30. The summed E-state index contributed by atoms with van der Waals surface area (Å²) >= 11 is 3.12. The fourth-order valence-corrected chi connectivity index (χ4v) is 0.190. The topological polar surface area (TPSA) is 40.5 Å². The summed E-state index contributed by atoms with van der Waals surface area (Å²) in [5, 5.41) is 8.02. The van der Waals surface area contributed by atoms with Gasteiger partial charge in [0, 0.05) is 0 Å². The third-order valence-electron chi connectivity index (χ3n) is 0.677. The molecule has 0 rings (SSSR count). The van der Waals surface area contributed by atoms with E-state index < -0.39 is 12.0 Å². The molecule has 0 aromatic carbocycles. The van der Waals surface area contributed by atoms with E-state index in [1.807, 2.05) is 0 Å². The van der Waals surface area contributed by atoms with Crippen LogP contribution in [-0.2, 0) is 4.79 Å². The normalized spacial score (nSPS) is 14.0. The van der Waals surface area contributed by atoms with Crippen LogP contribution in [0.1, 0.15) is 6.92 Å². The van der Waals surface area contributed by atoms with Crippen molar-refractivity contribution in [2.75, 3.05) is 0 Å². The highest BCUT2D eigenvalue weighted by molar-refractivity contribution is 7.77. The van der Waals surface area contributed by atoms with Crippen LogP contribution in [0.2, 0.25) is 0 Å². The zero-order valence-corrected chi connectivity index (χ0v) is 5.10. The van der Waals surface area contributed by atoms with Crippen LogP contribution in [0.15, 0.2) is 0 Å². The third kappa shape index (κ3) is 2.13. The Morgan fingerprint density at radius 3 is 2.38 bits per heavy atom. The molecule has 0 spiro atoms. The number of carboxylic acids is 1. The summed E-state index contributed by atoms with van der Waals surface area (Å²) in [5.41, 5.74) is 0. The van der Waals surface area contributed by atoms with Gasteiger partial charge in [-0.25, -0.2) is 0 Å². The van der Waals surface area contributed by atoms with Gasteiger partial charge in [-0.1, -0.05) is 17.3 Å². The van der Waals surface area contributed by atoms with Gasteiger partial charge >= 0.3 is 5.97 Å². The minimum absolute atomic E-state index is 0.164. The van der Waals surface area contributed by atoms with E-state index in [1.54, 1.807) is 0 Å². The SMILES string of the molecule is C[C@@H](C(=O)O)N(F)S. The Hall–Kier alpha value is -0.290. The first-order chi connectivity index (χ1) is 3.55. The number of thiol groups is 1. The second kappa shape index (κ2) is 2.88. The smallest absolute Gasteiger partial charge is 0.324 e. The average molecular weight is 139 g/mol. The summed E-state index contributed by atoms with van der Waals surface area (Å²) in [6.07, 6.45) is 0. The van der Waals surface area contributed by atoms with Crippen LogP contribution in [0, 0.1) is 0 Å². The van der Waals surface area contributed by atoms with Gasteiger partial charge in [0.2, 0.25) is 0 Å². The van der Waals surface area contributed by atoms with E-state index >= 15 is 0 Å². The summed E-state index contributed by atoms with van der Waals surface area (Å²) < 4.78 is 11.5. The zero-order chi connectivity index (χ0) is 6.73. The Morgan fingerprint density at radius 1 is 2.00 bits per heavy atom. The minimum atomic E-state index is -1.23. The number of rotatable bonds is 2. The van der Waals surface area contributed by atoms with Gasteiger partial charge in [-0.2, -0.15) is 0 Å². The maximum absolute atomic E-state index is 11.7. The van der Waals surface area contributed by atoms with Gasteiger partial charge < -0.3 is 5.11 Å². The largest absolute Gasteiger partial charge is 0.480 e. The van der Waals surface area contributed by atoms with E-state index in [9.17, 15) is 9.28 Å². The number of hydrogen-bond acceptors (Lipinski definition) is 3. The van der Waals surface area contributed by atoms with Crippen molar-refractivity contribution in [3.63, 3.8) is 0 Å². The Balaban J connectivity index is 3.64. The Kier molecular flexibility index (Phi) is 2.78. The summed E-state index contributed by atoms with van der Waals surface area (Å²) in [6.45, 7) is 1.19. The van der Waals surface area contributed by atoms with Gasteiger partial charge in [-0.05, 0) is 6.92 Å². The molecular weight excluding hydrogens is 133 g/mol. The van der Waals surface area contributed by atoms with Crippen molar-refractivity contribution < 1.29 is 14.4 Å². The molecule has 5 heteroatoms. The van der Waals surface area contributed by atoms with Crippen LogP contribution >= 0.6 is 12.8 Å². The molecule has 0 aliphatic carbocycles. The van der Waals surface area contributed by atoms with Crippen LogP contribution in [0.4, 0.5) is 4.48 Å². The van der Waals surface area contributed by atoms with Gasteiger partial charge in [0.1, 0.15) is 6.04 Å². The summed E-state index contributed by atoms with van der Waals surface area (Å²) in [6, 6.07) is -1.18. The predicted octanol–water partition coefficient (Wildman–Crippen LogP) is 0.491. The number of aliphatic carboxylic acids is 1. The van der Waals surface area contributed by atoms with Crippen molar-refractivity contribution >= 4 is 18.8 Å². The minimum Gasteiger partial charge on any atom is -0.480 e. The van der Waals surface area contributed by atoms with E-state index in [0.29, 0.717) is 0 Å². The van der Waals surface area contributed by atoms with Crippen molar-refractivity contribution in [1.82, 2.24) is 4.53 Å². The van der Waals surface area contributed by atoms with Crippen LogP contribution < -0.4 is 0 Å². The lowest BCUT2D eigenvalue weighted by Crippen LogP contribution is -2.25. The predicted molar refractivity (Wildman–Crippen MR) is 29.0 cm³/mol. The lowest BCUT2D eigenvalue weighted by molar-refractivity contribution is -0.143. The van der Waals surface area contributed by atoms with Crippen LogP contribution in [0.25, 0.3) is 0 Å². The summed E-state index contributed by atoms with van der Waals surface area (Å²) in [7, 11) is 0. The number of carbonyl (C=O) groups is 1. The molecule has 0 aromatic rings. The number of nitrogens with zero attached hydrogens (tertiary/aromatic N) is 1. The highest BCUT2D eigenvalue weighted by atomic mass is 32.1. The Labute approximate surface area is 51.6 Å². The monoisotopic (exact) mass is 139 g/mol. The van der Waals surface area contributed by atoms with E-state index in [2.05, 4.69) is 12.8 Å².